The van der Waals surface area contributed by atoms with Crippen LogP contribution < -0.4 is 0 Å². The lowest BCUT2D eigenvalue weighted by Gasteiger charge is -2.39. The Hall–Kier alpha value is -1.78. The van der Waals surface area contributed by atoms with Gasteiger partial charge in [0, 0.05) is 12.8 Å². The highest BCUT2D eigenvalue weighted by atomic mass is 32.3. The summed E-state index contributed by atoms with van der Waals surface area (Å²) in [5, 5.41) is 0. The van der Waals surface area contributed by atoms with Crippen LogP contribution in [0.15, 0.2) is 82.6 Å². The molecular formula is C26H36O6S2Si. The summed E-state index contributed by atoms with van der Waals surface area (Å²) in [6, 6.07) is 15.7. The monoisotopic (exact) mass is 536 g/mol. The Morgan fingerprint density at radius 1 is 0.914 bits per heavy atom. The summed E-state index contributed by atoms with van der Waals surface area (Å²) in [6.45, 7) is 9.81. The molecule has 3 atom stereocenters. The van der Waals surface area contributed by atoms with Crippen LogP contribution in [0.4, 0.5) is 0 Å². The highest BCUT2D eigenvalue weighted by Crippen LogP contribution is 2.44. The Kier molecular flexibility index (Phi) is 8.48. The van der Waals surface area contributed by atoms with Gasteiger partial charge in [-0.2, -0.15) is 0 Å². The Morgan fingerprint density at radius 2 is 1.40 bits per heavy atom. The fourth-order valence-corrected chi connectivity index (χ4v) is 10.6. The molecule has 0 bridgehead atoms. The topological polar surface area (TPSA) is 86.7 Å². The van der Waals surface area contributed by atoms with Crippen LogP contribution in [-0.4, -0.2) is 47.5 Å². The highest BCUT2D eigenvalue weighted by Gasteiger charge is 2.57. The molecule has 1 heterocycles. The van der Waals surface area contributed by atoms with Crippen molar-refractivity contribution >= 4 is 28.0 Å². The zero-order valence-electron chi connectivity index (χ0n) is 21.0. The first-order valence-corrected chi connectivity index (χ1v) is 18.3. The Labute approximate surface area is 211 Å². The minimum atomic E-state index is -4.38. The van der Waals surface area contributed by atoms with Gasteiger partial charge in [0.25, 0.3) is 0 Å². The third kappa shape index (κ3) is 5.80. The molecule has 3 rings (SSSR count). The maximum absolute atomic E-state index is 14.4. The van der Waals surface area contributed by atoms with Gasteiger partial charge in [-0.15, -0.1) is 0 Å². The predicted octanol–water partition coefficient (Wildman–Crippen LogP) is 5.38. The van der Waals surface area contributed by atoms with E-state index in [1.807, 2.05) is 33.5 Å². The minimum Gasteiger partial charge on any atom is -0.412 e. The van der Waals surface area contributed by atoms with Crippen LogP contribution >= 0.6 is 0 Å². The van der Waals surface area contributed by atoms with Gasteiger partial charge in [0.1, 0.15) is 0 Å². The molecule has 0 saturated heterocycles. The summed E-state index contributed by atoms with van der Waals surface area (Å²) >= 11 is 0. The van der Waals surface area contributed by atoms with Crippen LogP contribution in [-0.2, 0) is 28.8 Å². The molecule has 35 heavy (non-hydrogen) atoms. The molecule has 0 aromatic heterocycles. The van der Waals surface area contributed by atoms with E-state index in [2.05, 4.69) is 0 Å². The molecule has 9 heteroatoms. The zero-order valence-corrected chi connectivity index (χ0v) is 23.7. The summed E-state index contributed by atoms with van der Waals surface area (Å²) in [6.07, 6.45) is 2.14. The van der Waals surface area contributed by atoms with Gasteiger partial charge < -0.3 is 9.16 Å². The molecule has 6 nitrogen and oxygen atoms in total. The quantitative estimate of drug-likeness (QED) is 0.349. The highest BCUT2D eigenvalue weighted by molar-refractivity contribution is 8.10. The summed E-state index contributed by atoms with van der Waals surface area (Å²) < 4.78 is 68.0. The largest absolute Gasteiger partial charge is 0.412 e. The van der Waals surface area contributed by atoms with E-state index in [1.165, 1.54) is 24.3 Å². The molecular weight excluding hydrogens is 501 g/mol. The zero-order chi connectivity index (χ0) is 25.9. The van der Waals surface area contributed by atoms with E-state index in [0.717, 1.165) is 0 Å². The van der Waals surface area contributed by atoms with Crippen LogP contribution in [0, 0.1) is 0 Å². The average Bonchev–Trinajstić information content (AvgIpc) is 2.88. The van der Waals surface area contributed by atoms with Gasteiger partial charge in [-0.05, 0) is 57.3 Å². The van der Waals surface area contributed by atoms with E-state index in [0.29, 0.717) is 6.42 Å². The number of hydrogen-bond donors (Lipinski definition) is 0. The van der Waals surface area contributed by atoms with Crippen molar-refractivity contribution in [2.24, 2.45) is 0 Å². The molecule has 0 spiro atoms. The molecule has 0 N–H and O–H groups in total. The Bertz CT molecular complexity index is 1150. The molecule has 0 radical (unpaired) electrons. The lowest BCUT2D eigenvalue weighted by atomic mass is 10.1. The van der Waals surface area contributed by atoms with Crippen LogP contribution in [0.2, 0.25) is 19.6 Å². The molecule has 0 amide bonds. The van der Waals surface area contributed by atoms with Gasteiger partial charge in [-0.3, -0.25) is 0 Å². The minimum absolute atomic E-state index is 0.0282. The predicted molar refractivity (Wildman–Crippen MR) is 141 cm³/mol. The summed E-state index contributed by atoms with van der Waals surface area (Å²) in [7, 11) is -11.0. The van der Waals surface area contributed by atoms with Gasteiger partial charge in [0.2, 0.25) is 0 Å². The average molecular weight is 537 g/mol. The normalized spacial score (nSPS) is 24.7. The van der Waals surface area contributed by atoms with Gasteiger partial charge in [-0.25, -0.2) is 16.8 Å². The first-order valence-electron chi connectivity index (χ1n) is 11.9. The van der Waals surface area contributed by atoms with E-state index in [-0.39, 0.29) is 28.7 Å². The van der Waals surface area contributed by atoms with Gasteiger partial charge in [0.15, 0.2) is 32.1 Å². The molecule has 2 aromatic rings. The van der Waals surface area contributed by atoms with Crippen molar-refractivity contribution in [3.63, 3.8) is 0 Å². The smallest absolute Gasteiger partial charge is 0.199 e. The third-order valence-corrected chi connectivity index (χ3v) is 12.9. The van der Waals surface area contributed by atoms with Crippen LogP contribution in [0.25, 0.3) is 0 Å². The fourth-order valence-electron chi connectivity index (χ4n) is 4.40. The summed E-state index contributed by atoms with van der Waals surface area (Å²) in [5.74, 6) is 0. The van der Waals surface area contributed by atoms with Crippen LogP contribution in [0.1, 0.15) is 33.1 Å². The second kappa shape index (κ2) is 10.7. The number of hydrogen-bond acceptors (Lipinski definition) is 6. The summed E-state index contributed by atoms with van der Waals surface area (Å²) in [4.78, 5) is -0.0564. The molecule has 192 valence electrons. The van der Waals surface area contributed by atoms with Crippen molar-refractivity contribution in [2.75, 3.05) is 0 Å². The maximum Gasteiger partial charge on any atom is 0.199 e. The van der Waals surface area contributed by atoms with Gasteiger partial charge >= 0.3 is 0 Å². The van der Waals surface area contributed by atoms with E-state index in [9.17, 15) is 16.8 Å². The molecule has 0 aliphatic carbocycles. The second-order valence-electron chi connectivity index (χ2n) is 9.94. The van der Waals surface area contributed by atoms with Crippen LogP contribution in [0.3, 0.4) is 0 Å². The lowest BCUT2D eigenvalue weighted by Crippen LogP contribution is -2.52. The number of benzene rings is 2. The number of sulfone groups is 2. The third-order valence-electron chi connectivity index (χ3n) is 6.20. The van der Waals surface area contributed by atoms with Gasteiger partial charge in [-0.1, -0.05) is 55.5 Å². The first kappa shape index (κ1) is 27.8. The lowest BCUT2D eigenvalue weighted by molar-refractivity contribution is -0.0473. The molecule has 0 fully saturated rings. The van der Waals surface area contributed by atoms with Crippen molar-refractivity contribution in [3.8, 4) is 0 Å². The van der Waals surface area contributed by atoms with Crippen molar-refractivity contribution in [2.45, 2.75) is 84.9 Å². The van der Waals surface area contributed by atoms with Crippen molar-refractivity contribution in [3.05, 3.63) is 72.8 Å². The van der Waals surface area contributed by atoms with E-state index < -0.39 is 44.3 Å². The number of rotatable bonds is 7. The number of ether oxygens (including phenoxy) is 1. The second-order valence-corrected chi connectivity index (χ2v) is 19.2. The maximum atomic E-state index is 14.4. The molecule has 0 saturated carbocycles. The molecule has 1 aliphatic heterocycles. The molecule has 1 aliphatic rings. The van der Waals surface area contributed by atoms with E-state index >= 15 is 0 Å². The van der Waals surface area contributed by atoms with Crippen LogP contribution in [0.5, 0.6) is 0 Å². The van der Waals surface area contributed by atoms with Crippen molar-refractivity contribution in [1.82, 2.24) is 0 Å². The first-order chi connectivity index (χ1) is 16.3. The molecule has 0 unspecified atom stereocenters. The fraction of sp³-hybridized carbons (Fsp3) is 0.462. The SMILES string of the molecule is CC[C@@H]1/C=C/CC(S(=O)(=O)c2ccccc2)(S(=O)(=O)c2ccccc2)C[C@H](O[Si](C)(C)C)[C@@H](C)O1. The number of allylic oxidation sites excluding steroid dienone is 1. The van der Waals surface area contributed by atoms with E-state index in [1.54, 1.807) is 48.6 Å². The van der Waals surface area contributed by atoms with Crippen molar-refractivity contribution in [1.29, 1.82) is 0 Å². The van der Waals surface area contributed by atoms with E-state index in [4.69, 9.17) is 9.16 Å². The van der Waals surface area contributed by atoms with Crippen molar-refractivity contribution < 1.29 is 26.0 Å². The standard InChI is InChI=1S/C26H36O6S2Si/c1-6-22-14-13-19-26(33(27,28)23-15-9-7-10-16-23,34(29,30)24-17-11-8-12-18-24)20-25(21(2)31-22)32-35(3,4)5/h7-18,21-22,25H,6,19-20H2,1-5H3/b14-13+/t21-,22-,25+/m1/s1. The molecule has 2 aromatic carbocycles. The Balaban J connectivity index is 2.35. The summed E-state index contributed by atoms with van der Waals surface area (Å²) in [5.41, 5.74) is 0. The van der Waals surface area contributed by atoms with Gasteiger partial charge in [0.05, 0.1) is 28.1 Å². The Morgan fingerprint density at radius 3 is 1.83 bits per heavy atom.